The number of hydrogen-bond donors (Lipinski definition) is 1. The van der Waals surface area contributed by atoms with Crippen LogP contribution in [-0.2, 0) is 30.5 Å². The Labute approximate surface area is 143 Å². The Morgan fingerprint density at radius 2 is 1.84 bits per heavy atom. The third-order valence-electron chi connectivity index (χ3n) is 3.09. The molecule has 1 aromatic carbocycles. The first kappa shape index (κ1) is 21.1. The third kappa shape index (κ3) is 6.13. The molecule has 25 heavy (non-hydrogen) atoms. The lowest BCUT2D eigenvalue weighted by Crippen LogP contribution is -2.45. The summed E-state index contributed by atoms with van der Waals surface area (Å²) in [4.78, 5) is 22.2. The van der Waals surface area contributed by atoms with Crippen LogP contribution >= 0.6 is 0 Å². The highest BCUT2D eigenvalue weighted by Crippen LogP contribution is 2.30. The molecule has 140 valence electrons. The molecule has 0 aliphatic carbocycles. The van der Waals surface area contributed by atoms with Crippen molar-refractivity contribution in [1.29, 1.82) is 0 Å². The molecule has 0 aliphatic rings. The van der Waals surface area contributed by atoms with Crippen molar-refractivity contribution < 1.29 is 35.9 Å². The van der Waals surface area contributed by atoms with Crippen LogP contribution in [0.25, 0.3) is 0 Å². The largest absolute Gasteiger partial charge is 0.457 e. The SMILES string of the molecule is CC(=O)COC(=O)C(NS(=O)(=O)c1cccc(C(F)(F)F)c1)C(C)C. The van der Waals surface area contributed by atoms with Crippen LogP contribution in [0.5, 0.6) is 0 Å². The number of sulfonamides is 1. The van der Waals surface area contributed by atoms with Gasteiger partial charge in [0.2, 0.25) is 10.0 Å². The van der Waals surface area contributed by atoms with E-state index < -0.39 is 57.0 Å². The summed E-state index contributed by atoms with van der Waals surface area (Å²) in [6.45, 7) is 3.71. The molecule has 0 saturated carbocycles. The molecule has 0 heterocycles. The van der Waals surface area contributed by atoms with Crippen LogP contribution in [-0.4, -0.2) is 32.8 Å². The molecule has 1 N–H and O–H groups in total. The number of alkyl halides is 3. The molecule has 1 atom stereocenters. The summed E-state index contributed by atoms with van der Waals surface area (Å²) in [5, 5.41) is 0. The van der Waals surface area contributed by atoms with Crippen LogP contribution in [0.4, 0.5) is 13.2 Å². The predicted molar refractivity (Wildman–Crippen MR) is 82.0 cm³/mol. The second-order valence-corrected chi connectivity index (χ2v) is 7.39. The molecular weight excluding hydrogens is 363 g/mol. The van der Waals surface area contributed by atoms with E-state index in [0.29, 0.717) is 6.07 Å². The van der Waals surface area contributed by atoms with Crippen LogP contribution < -0.4 is 4.72 Å². The van der Waals surface area contributed by atoms with E-state index in [9.17, 15) is 31.2 Å². The highest BCUT2D eigenvalue weighted by Gasteiger charge is 2.33. The number of Topliss-reactive ketones (excluding diaryl/α,β-unsaturated/α-hetero) is 1. The Bertz CT molecular complexity index is 744. The fourth-order valence-corrected chi connectivity index (χ4v) is 3.17. The van der Waals surface area contributed by atoms with Gasteiger partial charge in [-0.1, -0.05) is 19.9 Å². The van der Waals surface area contributed by atoms with Gasteiger partial charge in [0.25, 0.3) is 0 Å². The van der Waals surface area contributed by atoms with Gasteiger partial charge in [-0.15, -0.1) is 0 Å². The first-order valence-electron chi connectivity index (χ1n) is 7.20. The van der Waals surface area contributed by atoms with Crippen molar-refractivity contribution >= 4 is 21.8 Å². The van der Waals surface area contributed by atoms with Gasteiger partial charge in [0.05, 0.1) is 10.5 Å². The Kier molecular flexibility index (Phi) is 6.72. The minimum atomic E-state index is -4.70. The topological polar surface area (TPSA) is 89.5 Å². The minimum Gasteiger partial charge on any atom is -0.457 e. The van der Waals surface area contributed by atoms with Crippen molar-refractivity contribution in [2.24, 2.45) is 5.92 Å². The lowest BCUT2D eigenvalue weighted by atomic mass is 10.1. The zero-order chi connectivity index (χ0) is 19.4. The maximum Gasteiger partial charge on any atom is 0.416 e. The van der Waals surface area contributed by atoms with E-state index in [0.717, 1.165) is 18.2 Å². The van der Waals surface area contributed by atoms with Crippen LogP contribution in [0.1, 0.15) is 26.3 Å². The van der Waals surface area contributed by atoms with Crippen LogP contribution in [0.15, 0.2) is 29.2 Å². The third-order valence-corrected chi connectivity index (χ3v) is 4.53. The van der Waals surface area contributed by atoms with Gasteiger partial charge >= 0.3 is 12.1 Å². The van der Waals surface area contributed by atoms with E-state index in [1.54, 1.807) is 0 Å². The van der Waals surface area contributed by atoms with Gasteiger partial charge < -0.3 is 4.74 Å². The molecule has 0 bridgehead atoms. The molecule has 0 aromatic heterocycles. The Balaban J connectivity index is 3.08. The maximum atomic E-state index is 12.7. The lowest BCUT2D eigenvalue weighted by molar-refractivity contribution is -0.150. The molecule has 10 heteroatoms. The van der Waals surface area contributed by atoms with E-state index >= 15 is 0 Å². The van der Waals surface area contributed by atoms with Crippen molar-refractivity contribution in [3.05, 3.63) is 29.8 Å². The van der Waals surface area contributed by atoms with Crippen LogP contribution in [0.3, 0.4) is 0 Å². The van der Waals surface area contributed by atoms with Gasteiger partial charge in [-0.25, -0.2) is 8.42 Å². The van der Waals surface area contributed by atoms with E-state index in [2.05, 4.69) is 0 Å². The van der Waals surface area contributed by atoms with E-state index in [1.165, 1.54) is 20.8 Å². The molecule has 0 amide bonds. The Morgan fingerprint density at radius 1 is 1.24 bits per heavy atom. The van der Waals surface area contributed by atoms with E-state index in [1.807, 2.05) is 4.72 Å². The number of carbonyl (C=O) groups is 2. The maximum absolute atomic E-state index is 12.7. The van der Waals surface area contributed by atoms with Crippen molar-refractivity contribution in [2.45, 2.75) is 37.9 Å². The van der Waals surface area contributed by atoms with Gasteiger partial charge in [-0.2, -0.15) is 17.9 Å². The molecule has 0 saturated heterocycles. The number of carbonyl (C=O) groups excluding carboxylic acids is 2. The Hall–Kier alpha value is -1.94. The molecule has 1 aromatic rings. The van der Waals surface area contributed by atoms with Gasteiger partial charge in [-0.3, -0.25) is 9.59 Å². The van der Waals surface area contributed by atoms with Crippen molar-refractivity contribution in [2.75, 3.05) is 6.61 Å². The summed E-state index contributed by atoms with van der Waals surface area (Å²) in [5.74, 6) is -1.97. The van der Waals surface area contributed by atoms with Crippen molar-refractivity contribution in [1.82, 2.24) is 4.72 Å². The second kappa shape index (κ2) is 7.96. The average Bonchev–Trinajstić information content (AvgIpc) is 2.49. The summed E-state index contributed by atoms with van der Waals surface area (Å²) in [6, 6.07) is 1.80. The zero-order valence-corrected chi connectivity index (χ0v) is 14.6. The monoisotopic (exact) mass is 381 g/mol. The number of nitrogens with one attached hydrogen (secondary N) is 1. The van der Waals surface area contributed by atoms with Crippen molar-refractivity contribution in [3.8, 4) is 0 Å². The molecule has 0 aliphatic heterocycles. The average molecular weight is 381 g/mol. The fraction of sp³-hybridized carbons (Fsp3) is 0.467. The van der Waals surface area contributed by atoms with Gasteiger partial charge in [-0.05, 0) is 31.0 Å². The summed E-state index contributed by atoms with van der Waals surface area (Å²) in [5.41, 5.74) is -1.13. The van der Waals surface area contributed by atoms with Crippen molar-refractivity contribution in [3.63, 3.8) is 0 Å². The van der Waals surface area contributed by atoms with E-state index in [4.69, 9.17) is 4.74 Å². The predicted octanol–water partition coefficient (Wildman–Crippen LogP) is 2.14. The van der Waals surface area contributed by atoms with Gasteiger partial charge in [0.1, 0.15) is 12.6 Å². The number of halogens is 3. The quantitative estimate of drug-likeness (QED) is 0.731. The summed E-state index contributed by atoms with van der Waals surface area (Å²) in [6.07, 6.45) is -4.70. The number of rotatable bonds is 7. The first-order valence-corrected chi connectivity index (χ1v) is 8.68. The number of ketones is 1. The molecule has 0 fully saturated rings. The van der Waals surface area contributed by atoms with Crippen LogP contribution in [0, 0.1) is 5.92 Å². The molecule has 1 unspecified atom stereocenters. The highest BCUT2D eigenvalue weighted by molar-refractivity contribution is 7.89. The highest BCUT2D eigenvalue weighted by atomic mass is 32.2. The van der Waals surface area contributed by atoms with Crippen LogP contribution in [0.2, 0.25) is 0 Å². The van der Waals surface area contributed by atoms with Gasteiger partial charge in [0, 0.05) is 0 Å². The minimum absolute atomic E-state index is 0.434. The lowest BCUT2D eigenvalue weighted by Gasteiger charge is -2.20. The fourth-order valence-electron chi connectivity index (χ4n) is 1.79. The molecule has 6 nitrogen and oxygen atoms in total. The van der Waals surface area contributed by atoms with Gasteiger partial charge in [0.15, 0.2) is 5.78 Å². The van der Waals surface area contributed by atoms with E-state index in [-0.39, 0.29) is 0 Å². The zero-order valence-electron chi connectivity index (χ0n) is 13.8. The number of hydrogen-bond acceptors (Lipinski definition) is 5. The summed E-state index contributed by atoms with van der Waals surface area (Å²) >= 11 is 0. The Morgan fingerprint density at radius 3 is 2.32 bits per heavy atom. The number of esters is 1. The standard InChI is InChI=1S/C15H18F3NO5S/c1-9(2)13(14(21)24-8-10(3)20)19-25(22,23)12-6-4-5-11(7-12)15(16,17)18/h4-7,9,13,19H,8H2,1-3H3. The molecule has 0 radical (unpaired) electrons. The number of ether oxygens (including phenoxy) is 1. The first-order chi connectivity index (χ1) is 11.3. The number of benzene rings is 1. The normalized spacial score (nSPS) is 13.6. The summed E-state index contributed by atoms with van der Waals surface area (Å²) in [7, 11) is -4.41. The smallest absolute Gasteiger partial charge is 0.416 e. The molecule has 1 rings (SSSR count). The second-order valence-electron chi connectivity index (χ2n) is 5.68. The summed E-state index contributed by atoms with van der Waals surface area (Å²) < 4.78 is 69.5. The molecule has 0 spiro atoms. The molecular formula is C15H18F3NO5S.